The Kier molecular flexibility index (Phi) is 9.82. The summed E-state index contributed by atoms with van der Waals surface area (Å²) in [6.45, 7) is 1.75. The fourth-order valence-electron chi connectivity index (χ4n) is 4.01. The van der Waals surface area contributed by atoms with Crippen LogP contribution in [-0.2, 0) is 25.7 Å². The summed E-state index contributed by atoms with van der Waals surface area (Å²) in [7, 11) is 1.60. The molecule has 0 aliphatic carbocycles. The molecule has 3 N–H and O–H groups in total. The van der Waals surface area contributed by atoms with Crippen LogP contribution in [0.1, 0.15) is 11.5 Å². The quantitative estimate of drug-likeness (QED) is 0.215. The Morgan fingerprint density at radius 1 is 0.951 bits per heavy atom. The number of para-hydroxylation sites is 2. The summed E-state index contributed by atoms with van der Waals surface area (Å²) < 4.78 is 10.9. The van der Waals surface area contributed by atoms with E-state index in [4.69, 9.17) is 32.4 Å². The zero-order chi connectivity index (χ0) is 29.4. The van der Waals surface area contributed by atoms with Crippen LogP contribution in [-0.4, -0.2) is 68.0 Å². The van der Waals surface area contributed by atoms with Gasteiger partial charge in [0.1, 0.15) is 17.3 Å². The van der Waals surface area contributed by atoms with Crippen molar-refractivity contribution in [2.24, 2.45) is 5.10 Å². The predicted octanol–water partition coefficient (Wildman–Crippen LogP) is 2.65. The van der Waals surface area contributed by atoms with E-state index in [1.807, 2.05) is 24.3 Å². The number of carbonyl (C=O) groups excluding carboxylic acids is 4. The second kappa shape index (κ2) is 13.7. The van der Waals surface area contributed by atoms with Crippen LogP contribution < -0.4 is 25.7 Å². The highest BCUT2D eigenvalue weighted by Crippen LogP contribution is 2.28. The number of hydrogen-bond acceptors (Lipinski definition) is 8. The molecule has 0 atom stereocenters. The van der Waals surface area contributed by atoms with E-state index in [0.29, 0.717) is 42.0 Å². The van der Waals surface area contributed by atoms with Gasteiger partial charge in [0, 0.05) is 41.9 Å². The first-order valence-electron chi connectivity index (χ1n) is 12.4. The SMILES string of the molecule is COc1ccccc1N1CCN(C(=O)C(=O)N/N=C/c2ccc(CNC(=O)C(=O)Nc3cc(Cl)cc(Cl)c3)o2)CC1. The molecular formula is C27H26Cl2N6O6. The number of carbonyl (C=O) groups is 4. The van der Waals surface area contributed by atoms with Crippen molar-refractivity contribution in [2.75, 3.05) is 43.5 Å². The molecule has 4 rings (SSSR count). The zero-order valence-corrected chi connectivity index (χ0v) is 23.4. The van der Waals surface area contributed by atoms with Crippen molar-refractivity contribution >= 4 is 64.4 Å². The normalized spacial score (nSPS) is 13.1. The van der Waals surface area contributed by atoms with Gasteiger partial charge in [0.25, 0.3) is 0 Å². The van der Waals surface area contributed by atoms with Crippen molar-refractivity contribution in [2.45, 2.75) is 6.54 Å². The fourth-order valence-corrected chi connectivity index (χ4v) is 4.53. The summed E-state index contributed by atoms with van der Waals surface area (Å²) in [6.07, 6.45) is 1.21. The molecule has 1 saturated heterocycles. The van der Waals surface area contributed by atoms with Crippen molar-refractivity contribution < 1.29 is 28.3 Å². The molecule has 12 nitrogen and oxygen atoms in total. The Hall–Kier alpha value is -4.55. The van der Waals surface area contributed by atoms with Gasteiger partial charge >= 0.3 is 23.6 Å². The van der Waals surface area contributed by atoms with Gasteiger partial charge in [-0.1, -0.05) is 35.3 Å². The maximum Gasteiger partial charge on any atom is 0.329 e. The summed E-state index contributed by atoms with van der Waals surface area (Å²) in [6, 6.07) is 15.1. The molecule has 214 valence electrons. The summed E-state index contributed by atoms with van der Waals surface area (Å²) in [5.41, 5.74) is 3.40. The molecule has 41 heavy (non-hydrogen) atoms. The van der Waals surface area contributed by atoms with Crippen LogP contribution >= 0.6 is 23.2 Å². The molecule has 1 aromatic heterocycles. The maximum atomic E-state index is 12.6. The van der Waals surface area contributed by atoms with E-state index in [1.165, 1.54) is 29.3 Å². The number of amides is 4. The fraction of sp³-hybridized carbons (Fsp3) is 0.222. The molecule has 1 aliphatic heterocycles. The van der Waals surface area contributed by atoms with E-state index in [9.17, 15) is 19.2 Å². The van der Waals surface area contributed by atoms with Crippen LogP contribution in [0.2, 0.25) is 10.0 Å². The lowest BCUT2D eigenvalue weighted by Crippen LogP contribution is -2.52. The van der Waals surface area contributed by atoms with Crippen molar-refractivity contribution in [3.63, 3.8) is 0 Å². The first-order valence-corrected chi connectivity index (χ1v) is 13.1. The van der Waals surface area contributed by atoms with E-state index in [-0.39, 0.29) is 18.0 Å². The van der Waals surface area contributed by atoms with E-state index >= 15 is 0 Å². The molecule has 14 heteroatoms. The maximum absolute atomic E-state index is 12.6. The lowest BCUT2D eigenvalue weighted by molar-refractivity contribution is -0.146. The smallest absolute Gasteiger partial charge is 0.329 e. The number of hydrazone groups is 1. The van der Waals surface area contributed by atoms with Crippen LogP contribution in [0.3, 0.4) is 0 Å². The van der Waals surface area contributed by atoms with Gasteiger partial charge in [0.15, 0.2) is 0 Å². The van der Waals surface area contributed by atoms with Crippen LogP contribution in [0.4, 0.5) is 11.4 Å². The second-order valence-corrected chi connectivity index (χ2v) is 9.62. The van der Waals surface area contributed by atoms with E-state index in [2.05, 4.69) is 26.1 Å². The minimum Gasteiger partial charge on any atom is -0.495 e. The number of ether oxygens (including phenoxy) is 1. The van der Waals surface area contributed by atoms with Gasteiger partial charge in [-0.2, -0.15) is 5.10 Å². The first kappa shape index (κ1) is 29.4. The van der Waals surface area contributed by atoms with Crippen LogP contribution in [0.5, 0.6) is 5.75 Å². The number of anilines is 2. The van der Waals surface area contributed by atoms with Gasteiger partial charge in [-0.25, -0.2) is 5.43 Å². The summed E-state index contributed by atoms with van der Waals surface area (Å²) in [4.78, 5) is 52.6. The highest BCUT2D eigenvalue weighted by atomic mass is 35.5. The molecule has 0 saturated carbocycles. The highest BCUT2D eigenvalue weighted by Gasteiger charge is 2.27. The third-order valence-corrected chi connectivity index (χ3v) is 6.41. The molecule has 3 aromatic rings. The first-order chi connectivity index (χ1) is 19.7. The lowest BCUT2D eigenvalue weighted by atomic mass is 10.2. The number of nitrogens with zero attached hydrogens (tertiary/aromatic N) is 3. The number of benzene rings is 2. The Bertz CT molecular complexity index is 1450. The Morgan fingerprint density at radius 2 is 1.66 bits per heavy atom. The number of piperazine rings is 1. The van der Waals surface area contributed by atoms with Crippen molar-refractivity contribution in [1.82, 2.24) is 15.6 Å². The van der Waals surface area contributed by atoms with Gasteiger partial charge in [-0.3, -0.25) is 19.2 Å². The average Bonchev–Trinajstić information content (AvgIpc) is 3.42. The minimum atomic E-state index is -0.912. The summed E-state index contributed by atoms with van der Waals surface area (Å²) >= 11 is 11.8. The van der Waals surface area contributed by atoms with Crippen molar-refractivity contribution in [3.05, 3.63) is 76.2 Å². The molecule has 4 amide bonds. The lowest BCUT2D eigenvalue weighted by Gasteiger charge is -2.36. The minimum absolute atomic E-state index is 0.0813. The number of methoxy groups -OCH3 is 1. The number of furan rings is 1. The van der Waals surface area contributed by atoms with Crippen LogP contribution in [0, 0.1) is 0 Å². The zero-order valence-electron chi connectivity index (χ0n) is 21.9. The molecule has 0 unspecified atom stereocenters. The van der Waals surface area contributed by atoms with Gasteiger partial charge in [-0.05, 0) is 42.5 Å². The largest absolute Gasteiger partial charge is 0.495 e. The average molecular weight is 601 g/mol. The summed E-state index contributed by atoms with van der Waals surface area (Å²) in [5.74, 6) is -2.06. The van der Waals surface area contributed by atoms with E-state index < -0.39 is 23.6 Å². The van der Waals surface area contributed by atoms with Crippen molar-refractivity contribution in [3.8, 4) is 5.75 Å². The molecule has 0 radical (unpaired) electrons. The van der Waals surface area contributed by atoms with Gasteiger partial charge in [0.05, 0.1) is 25.6 Å². The number of hydrogen-bond donors (Lipinski definition) is 3. The predicted molar refractivity (Wildman–Crippen MR) is 153 cm³/mol. The van der Waals surface area contributed by atoms with Crippen LogP contribution in [0.25, 0.3) is 0 Å². The van der Waals surface area contributed by atoms with Gasteiger partial charge in [-0.15, -0.1) is 0 Å². The third kappa shape index (κ3) is 7.99. The Balaban J connectivity index is 1.20. The molecular weight excluding hydrogens is 575 g/mol. The third-order valence-electron chi connectivity index (χ3n) is 5.98. The second-order valence-electron chi connectivity index (χ2n) is 8.75. The van der Waals surface area contributed by atoms with E-state index in [0.717, 1.165) is 11.4 Å². The topological polar surface area (TPSA) is 146 Å². The Labute approximate surface area is 245 Å². The molecule has 2 heterocycles. The summed E-state index contributed by atoms with van der Waals surface area (Å²) in [5, 5.41) is 9.21. The number of halogens is 2. The van der Waals surface area contributed by atoms with Gasteiger partial charge < -0.3 is 29.6 Å². The standard InChI is InChI=1S/C27H26Cl2N6O6/c1-40-23-5-3-2-4-22(23)34-8-10-35(11-9-34)27(39)26(38)33-31-16-21-7-6-20(41-21)15-30-24(36)25(37)32-19-13-17(28)12-18(29)14-19/h2-7,12-14,16H,8-11,15H2,1H3,(H,30,36)(H,32,37)(H,33,38)/b31-16+. The molecule has 2 aromatic carbocycles. The Morgan fingerprint density at radius 3 is 2.37 bits per heavy atom. The molecule has 1 aliphatic rings. The van der Waals surface area contributed by atoms with Gasteiger partial charge in [0.2, 0.25) is 0 Å². The van der Waals surface area contributed by atoms with Crippen molar-refractivity contribution in [1.29, 1.82) is 0 Å². The number of nitrogens with one attached hydrogen (secondary N) is 3. The van der Waals surface area contributed by atoms with Crippen LogP contribution in [0.15, 0.2) is 64.1 Å². The molecule has 0 bridgehead atoms. The number of rotatable bonds is 7. The molecule has 0 spiro atoms. The molecule has 1 fully saturated rings. The monoisotopic (exact) mass is 600 g/mol. The highest BCUT2D eigenvalue weighted by molar-refractivity contribution is 6.40. The van der Waals surface area contributed by atoms with E-state index in [1.54, 1.807) is 19.2 Å².